The van der Waals surface area contributed by atoms with Crippen molar-refractivity contribution < 1.29 is 18.7 Å². The van der Waals surface area contributed by atoms with Gasteiger partial charge in [0.15, 0.2) is 0 Å². The summed E-state index contributed by atoms with van der Waals surface area (Å²) in [6.45, 7) is -0.131. The van der Waals surface area contributed by atoms with Crippen LogP contribution in [0.3, 0.4) is 0 Å². The number of halogens is 1. The van der Waals surface area contributed by atoms with Gasteiger partial charge in [-0.2, -0.15) is 0 Å². The molecule has 0 fully saturated rings. The summed E-state index contributed by atoms with van der Waals surface area (Å²) >= 11 is 6.24. The Balaban J connectivity index is 1.43. The molecule has 2 heterocycles. The SMILES string of the molecule is COc1cccc(C(=O)N(CC(=O)Nc2nc(-c3ccccc3)cn2-c2cccc(Cl)c2)Cc2ccco2)c1. The number of amides is 2. The van der Waals surface area contributed by atoms with Crippen LogP contribution in [0.15, 0.2) is 108 Å². The molecule has 0 spiro atoms. The maximum absolute atomic E-state index is 13.5. The number of carbonyl (C=O) groups is 2. The Labute approximate surface area is 230 Å². The molecule has 0 aliphatic rings. The summed E-state index contributed by atoms with van der Waals surface area (Å²) in [5.41, 5.74) is 2.68. The minimum absolute atomic E-state index is 0.106. The molecule has 0 bridgehead atoms. The van der Waals surface area contributed by atoms with Crippen LogP contribution in [-0.4, -0.2) is 39.9 Å². The number of aromatic nitrogens is 2. The zero-order chi connectivity index (χ0) is 27.2. The molecule has 5 aromatic rings. The highest BCUT2D eigenvalue weighted by atomic mass is 35.5. The molecule has 3 aromatic carbocycles. The van der Waals surface area contributed by atoms with E-state index in [2.05, 4.69) is 10.3 Å². The molecule has 0 radical (unpaired) electrons. The number of benzene rings is 3. The van der Waals surface area contributed by atoms with E-state index >= 15 is 0 Å². The van der Waals surface area contributed by atoms with Gasteiger partial charge in [-0.1, -0.05) is 54.1 Å². The third-order valence-electron chi connectivity index (χ3n) is 5.98. The summed E-state index contributed by atoms with van der Waals surface area (Å²) in [7, 11) is 1.53. The van der Waals surface area contributed by atoms with Gasteiger partial charge in [-0.05, 0) is 48.5 Å². The number of carbonyl (C=O) groups excluding carboxylic acids is 2. The second kappa shape index (κ2) is 11.7. The van der Waals surface area contributed by atoms with Crippen molar-refractivity contribution in [3.8, 4) is 22.7 Å². The molecule has 0 aliphatic carbocycles. The molecular formula is C30H25ClN4O4. The normalized spacial score (nSPS) is 10.7. The van der Waals surface area contributed by atoms with E-state index in [1.165, 1.54) is 18.3 Å². The molecule has 1 N–H and O–H groups in total. The van der Waals surface area contributed by atoms with E-state index in [-0.39, 0.29) is 19.0 Å². The summed E-state index contributed by atoms with van der Waals surface area (Å²) in [4.78, 5) is 32.9. The number of furan rings is 1. The van der Waals surface area contributed by atoms with Gasteiger partial charge in [-0.15, -0.1) is 0 Å². The molecule has 9 heteroatoms. The van der Waals surface area contributed by atoms with Crippen molar-refractivity contribution in [2.75, 3.05) is 19.0 Å². The van der Waals surface area contributed by atoms with Crippen molar-refractivity contribution in [3.63, 3.8) is 0 Å². The Morgan fingerprint density at radius 1 is 1.00 bits per heavy atom. The number of methoxy groups -OCH3 is 1. The topological polar surface area (TPSA) is 89.6 Å². The molecule has 0 saturated carbocycles. The highest BCUT2D eigenvalue weighted by molar-refractivity contribution is 6.30. The van der Waals surface area contributed by atoms with Crippen LogP contribution in [0.2, 0.25) is 5.02 Å². The fraction of sp³-hybridized carbons (Fsp3) is 0.100. The monoisotopic (exact) mass is 540 g/mol. The van der Waals surface area contributed by atoms with Gasteiger partial charge in [0.2, 0.25) is 11.9 Å². The summed E-state index contributed by atoms with van der Waals surface area (Å²) in [6.07, 6.45) is 3.36. The Morgan fingerprint density at radius 2 is 1.82 bits per heavy atom. The number of hydrogen-bond acceptors (Lipinski definition) is 5. The number of rotatable bonds is 9. The maximum atomic E-state index is 13.5. The first-order valence-electron chi connectivity index (χ1n) is 12.2. The van der Waals surface area contributed by atoms with Crippen LogP contribution >= 0.6 is 11.6 Å². The molecule has 2 aromatic heterocycles. The van der Waals surface area contributed by atoms with E-state index in [1.807, 2.05) is 48.7 Å². The van der Waals surface area contributed by atoms with E-state index in [4.69, 9.17) is 20.8 Å². The molecule has 196 valence electrons. The summed E-state index contributed by atoms with van der Waals surface area (Å²) in [5, 5.41) is 3.43. The van der Waals surface area contributed by atoms with Crippen LogP contribution in [0.1, 0.15) is 16.1 Å². The quantitative estimate of drug-likeness (QED) is 0.245. The lowest BCUT2D eigenvalue weighted by Crippen LogP contribution is -2.37. The van der Waals surface area contributed by atoms with E-state index in [0.717, 1.165) is 11.3 Å². The standard InChI is InChI=1S/C30H25ClN4O4/c1-38-25-13-5-10-22(16-25)29(37)34(18-26-14-7-15-39-26)20-28(36)33-30-32-27(21-8-3-2-4-9-21)19-35(30)24-12-6-11-23(31)17-24/h2-17,19H,18,20H2,1H3,(H,32,33,36). The Bertz CT molecular complexity index is 1580. The van der Waals surface area contributed by atoms with Crippen LogP contribution in [0.4, 0.5) is 5.95 Å². The van der Waals surface area contributed by atoms with Crippen molar-refractivity contribution in [1.82, 2.24) is 14.5 Å². The van der Waals surface area contributed by atoms with Crippen molar-refractivity contribution in [1.29, 1.82) is 0 Å². The number of ether oxygens (including phenoxy) is 1. The van der Waals surface area contributed by atoms with Crippen molar-refractivity contribution >= 4 is 29.4 Å². The van der Waals surface area contributed by atoms with Gasteiger partial charge in [-0.25, -0.2) is 4.98 Å². The minimum Gasteiger partial charge on any atom is -0.497 e. The maximum Gasteiger partial charge on any atom is 0.254 e. The Hall–Kier alpha value is -4.82. The molecule has 8 nitrogen and oxygen atoms in total. The molecule has 5 rings (SSSR count). The third kappa shape index (κ3) is 6.19. The number of anilines is 1. The Morgan fingerprint density at radius 3 is 2.56 bits per heavy atom. The van der Waals surface area contributed by atoms with Gasteiger partial charge >= 0.3 is 0 Å². The lowest BCUT2D eigenvalue weighted by Gasteiger charge is -2.21. The number of hydrogen-bond donors (Lipinski definition) is 1. The number of imidazole rings is 1. The average molecular weight is 541 g/mol. The van der Waals surface area contributed by atoms with Crippen molar-refractivity contribution in [2.45, 2.75) is 6.54 Å². The number of nitrogens with zero attached hydrogens (tertiary/aromatic N) is 3. The zero-order valence-corrected chi connectivity index (χ0v) is 21.8. The van der Waals surface area contributed by atoms with E-state index in [1.54, 1.807) is 53.1 Å². The summed E-state index contributed by atoms with van der Waals surface area (Å²) in [5.74, 6) is 0.619. The molecule has 2 amide bonds. The first-order valence-corrected chi connectivity index (χ1v) is 12.5. The predicted octanol–water partition coefficient (Wildman–Crippen LogP) is 6.08. The van der Waals surface area contributed by atoms with E-state index < -0.39 is 5.91 Å². The lowest BCUT2D eigenvalue weighted by molar-refractivity contribution is -0.117. The van der Waals surface area contributed by atoms with E-state index in [9.17, 15) is 9.59 Å². The van der Waals surface area contributed by atoms with Gasteiger partial charge in [0, 0.05) is 28.0 Å². The van der Waals surface area contributed by atoms with Crippen LogP contribution < -0.4 is 10.1 Å². The molecule has 0 atom stereocenters. The summed E-state index contributed by atoms with van der Waals surface area (Å²) in [6, 6.07) is 27.2. The molecule has 0 saturated heterocycles. The zero-order valence-electron chi connectivity index (χ0n) is 21.1. The summed E-state index contributed by atoms with van der Waals surface area (Å²) < 4.78 is 12.5. The van der Waals surface area contributed by atoms with Crippen LogP contribution in [-0.2, 0) is 11.3 Å². The van der Waals surface area contributed by atoms with Crippen molar-refractivity contribution in [2.24, 2.45) is 0 Å². The predicted molar refractivity (Wildman–Crippen MR) is 149 cm³/mol. The molecule has 0 aliphatic heterocycles. The highest BCUT2D eigenvalue weighted by Gasteiger charge is 2.22. The number of nitrogens with one attached hydrogen (secondary N) is 1. The minimum atomic E-state index is -0.425. The molecule has 0 unspecified atom stereocenters. The second-order valence-electron chi connectivity index (χ2n) is 8.69. The van der Waals surface area contributed by atoms with Gasteiger partial charge in [0.25, 0.3) is 5.91 Å². The van der Waals surface area contributed by atoms with Crippen LogP contribution in [0.25, 0.3) is 16.9 Å². The Kier molecular flexibility index (Phi) is 7.75. The average Bonchev–Trinajstić information content (AvgIpc) is 3.63. The van der Waals surface area contributed by atoms with E-state index in [0.29, 0.717) is 33.7 Å². The van der Waals surface area contributed by atoms with Crippen LogP contribution in [0.5, 0.6) is 5.75 Å². The molecular weight excluding hydrogens is 516 g/mol. The van der Waals surface area contributed by atoms with Gasteiger partial charge in [0.05, 0.1) is 25.6 Å². The van der Waals surface area contributed by atoms with Crippen LogP contribution in [0, 0.1) is 0 Å². The van der Waals surface area contributed by atoms with Gasteiger partial charge in [0.1, 0.15) is 18.1 Å². The van der Waals surface area contributed by atoms with Gasteiger partial charge < -0.3 is 14.1 Å². The first kappa shape index (κ1) is 25.8. The lowest BCUT2D eigenvalue weighted by atomic mass is 10.2. The first-order chi connectivity index (χ1) is 19.0. The smallest absolute Gasteiger partial charge is 0.254 e. The second-order valence-corrected chi connectivity index (χ2v) is 9.12. The highest BCUT2D eigenvalue weighted by Crippen LogP contribution is 2.26. The third-order valence-corrected chi connectivity index (χ3v) is 6.21. The fourth-order valence-electron chi connectivity index (χ4n) is 4.11. The fourth-order valence-corrected chi connectivity index (χ4v) is 4.29. The van der Waals surface area contributed by atoms with Crippen molar-refractivity contribution in [3.05, 3.63) is 120 Å². The molecule has 39 heavy (non-hydrogen) atoms. The van der Waals surface area contributed by atoms with Gasteiger partial charge in [-0.3, -0.25) is 19.5 Å². The largest absolute Gasteiger partial charge is 0.497 e.